The number of hydrogen-bond donors (Lipinski definition) is 1. The van der Waals surface area contributed by atoms with Gasteiger partial charge < -0.3 is 10.1 Å². The number of hydrogen-bond acceptors (Lipinski definition) is 2. The van der Waals surface area contributed by atoms with Crippen LogP contribution in [-0.2, 0) is 11.2 Å². The van der Waals surface area contributed by atoms with Gasteiger partial charge in [0.05, 0.1) is 12.6 Å². The predicted octanol–water partition coefficient (Wildman–Crippen LogP) is 2.94. The zero-order valence-corrected chi connectivity index (χ0v) is 10.6. The van der Waals surface area contributed by atoms with Crippen molar-refractivity contribution in [2.75, 3.05) is 20.3 Å². The van der Waals surface area contributed by atoms with E-state index in [-0.39, 0.29) is 0 Å². The summed E-state index contributed by atoms with van der Waals surface area (Å²) in [4.78, 5) is 0. The lowest BCUT2D eigenvalue weighted by Gasteiger charge is -2.16. The van der Waals surface area contributed by atoms with E-state index < -0.39 is 0 Å². The molecule has 1 aromatic carbocycles. The summed E-state index contributed by atoms with van der Waals surface area (Å²) >= 11 is 0. The van der Waals surface area contributed by atoms with Gasteiger partial charge >= 0.3 is 0 Å². The molecule has 0 amide bonds. The molecule has 0 aliphatic carbocycles. The lowest BCUT2D eigenvalue weighted by atomic mass is 10.0. The molecular formula is C14H23NO. The molecule has 16 heavy (non-hydrogen) atoms. The van der Waals surface area contributed by atoms with E-state index in [0.29, 0.717) is 6.04 Å². The van der Waals surface area contributed by atoms with Crippen LogP contribution in [0.5, 0.6) is 0 Å². The average molecular weight is 221 g/mol. The van der Waals surface area contributed by atoms with E-state index >= 15 is 0 Å². The van der Waals surface area contributed by atoms with Crippen molar-refractivity contribution < 1.29 is 4.74 Å². The first-order valence-corrected chi connectivity index (χ1v) is 6.15. The molecule has 1 N–H and O–H groups in total. The summed E-state index contributed by atoms with van der Waals surface area (Å²) in [7, 11) is 1.98. The van der Waals surface area contributed by atoms with E-state index in [4.69, 9.17) is 4.74 Å². The molecule has 0 aliphatic heterocycles. The molecule has 0 aliphatic rings. The maximum atomic E-state index is 5.46. The van der Waals surface area contributed by atoms with Crippen molar-refractivity contribution >= 4 is 0 Å². The minimum Gasteiger partial charge on any atom is -0.380 e. The number of aryl methyl sites for hydroxylation is 1. The molecule has 0 bridgehead atoms. The first-order valence-electron chi connectivity index (χ1n) is 6.15. The van der Waals surface area contributed by atoms with Gasteiger partial charge in [0.25, 0.3) is 0 Å². The Morgan fingerprint density at radius 3 is 2.38 bits per heavy atom. The van der Waals surface area contributed by atoms with Gasteiger partial charge in [-0.2, -0.15) is 0 Å². The molecule has 1 atom stereocenters. The maximum absolute atomic E-state index is 5.46. The SMILES string of the molecule is CCCc1ccc(C(COCC)NC)cc1. The largest absolute Gasteiger partial charge is 0.380 e. The van der Waals surface area contributed by atoms with Crippen molar-refractivity contribution in [3.8, 4) is 0 Å². The van der Waals surface area contributed by atoms with Gasteiger partial charge in [-0.15, -0.1) is 0 Å². The van der Waals surface area contributed by atoms with Crippen LogP contribution in [0.2, 0.25) is 0 Å². The van der Waals surface area contributed by atoms with Crippen molar-refractivity contribution in [3.05, 3.63) is 35.4 Å². The Bertz CT molecular complexity index is 281. The van der Waals surface area contributed by atoms with Gasteiger partial charge in [0.15, 0.2) is 0 Å². The summed E-state index contributed by atoms with van der Waals surface area (Å²) in [5, 5.41) is 3.28. The number of benzene rings is 1. The second kappa shape index (κ2) is 7.42. The van der Waals surface area contributed by atoms with E-state index in [0.717, 1.165) is 19.6 Å². The van der Waals surface area contributed by atoms with Crippen LogP contribution in [0.4, 0.5) is 0 Å². The highest BCUT2D eigenvalue weighted by Gasteiger charge is 2.08. The van der Waals surface area contributed by atoms with Crippen LogP contribution < -0.4 is 5.32 Å². The monoisotopic (exact) mass is 221 g/mol. The summed E-state index contributed by atoms with van der Waals surface area (Å²) in [5.74, 6) is 0. The fourth-order valence-electron chi connectivity index (χ4n) is 1.79. The van der Waals surface area contributed by atoms with Gasteiger partial charge in [0.1, 0.15) is 0 Å². The summed E-state index contributed by atoms with van der Waals surface area (Å²) in [6.45, 7) is 5.74. The Morgan fingerprint density at radius 1 is 1.19 bits per heavy atom. The summed E-state index contributed by atoms with van der Waals surface area (Å²) < 4.78 is 5.46. The minimum absolute atomic E-state index is 0.302. The van der Waals surface area contributed by atoms with Crippen molar-refractivity contribution in [3.63, 3.8) is 0 Å². The number of nitrogens with one attached hydrogen (secondary N) is 1. The van der Waals surface area contributed by atoms with Crippen molar-refractivity contribution in [1.29, 1.82) is 0 Å². The average Bonchev–Trinajstić information content (AvgIpc) is 2.32. The van der Waals surface area contributed by atoms with Gasteiger partial charge in [-0.05, 0) is 31.5 Å². The van der Waals surface area contributed by atoms with Crippen molar-refractivity contribution in [1.82, 2.24) is 5.32 Å². The number of rotatable bonds is 7. The molecule has 0 aromatic heterocycles. The van der Waals surface area contributed by atoms with E-state index in [1.807, 2.05) is 14.0 Å². The smallest absolute Gasteiger partial charge is 0.0661 e. The van der Waals surface area contributed by atoms with Crippen molar-refractivity contribution in [2.45, 2.75) is 32.7 Å². The Kier molecular flexibility index (Phi) is 6.12. The summed E-state index contributed by atoms with van der Waals surface area (Å²) in [5.41, 5.74) is 2.72. The molecular weight excluding hydrogens is 198 g/mol. The molecule has 0 fully saturated rings. The van der Waals surface area contributed by atoms with Crippen LogP contribution in [0.25, 0.3) is 0 Å². The molecule has 0 saturated heterocycles. The molecule has 0 heterocycles. The van der Waals surface area contributed by atoms with Crippen LogP contribution in [0, 0.1) is 0 Å². The normalized spacial score (nSPS) is 12.7. The molecule has 0 saturated carbocycles. The van der Waals surface area contributed by atoms with Crippen LogP contribution in [0.3, 0.4) is 0 Å². The molecule has 90 valence electrons. The van der Waals surface area contributed by atoms with Gasteiger partial charge in [0.2, 0.25) is 0 Å². The van der Waals surface area contributed by atoms with E-state index in [1.165, 1.54) is 17.5 Å². The summed E-state index contributed by atoms with van der Waals surface area (Å²) in [6, 6.07) is 9.14. The molecule has 0 spiro atoms. The lowest BCUT2D eigenvalue weighted by molar-refractivity contribution is 0.125. The zero-order valence-electron chi connectivity index (χ0n) is 10.6. The molecule has 1 unspecified atom stereocenters. The predicted molar refractivity (Wildman–Crippen MR) is 68.7 cm³/mol. The van der Waals surface area contributed by atoms with E-state index in [9.17, 15) is 0 Å². The fourth-order valence-corrected chi connectivity index (χ4v) is 1.79. The van der Waals surface area contributed by atoms with Crippen molar-refractivity contribution in [2.24, 2.45) is 0 Å². The summed E-state index contributed by atoms with van der Waals surface area (Å²) in [6.07, 6.45) is 2.36. The van der Waals surface area contributed by atoms with Crippen LogP contribution >= 0.6 is 0 Å². The number of likely N-dealkylation sites (N-methyl/N-ethyl adjacent to an activating group) is 1. The fraction of sp³-hybridized carbons (Fsp3) is 0.571. The van der Waals surface area contributed by atoms with Crippen LogP contribution in [0.15, 0.2) is 24.3 Å². The highest BCUT2D eigenvalue weighted by Crippen LogP contribution is 2.14. The van der Waals surface area contributed by atoms with Crippen LogP contribution in [0.1, 0.15) is 37.4 Å². The Labute approximate surface area is 99.0 Å². The zero-order chi connectivity index (χ0) is 11.8. The molecule has 1 rings (SSSR count). The van der Waals surface area contributed by atoms with Gasteiger partial charge in [0, 0.05) is 6.61 Å². The van der Waals surface area contributed by atoms with Gasteiger partial charge in [-0.3, -0.25) is 0 Å². The quantitative estimate of drug-likeness (QED) is 0.764. The number of ether oxygens (including phenoxy) is 1. The highest BCUT2D eigenvalue weighted by atomic mass is 16.5. The third kappa shape index (κ3) is 3.95. The molecule has 1 aromatic rings. The molecule has 0 radical (unpaired) electrons. The third-order valence-electron chi connectivity index (χ3n) is 2.76. The second-order valence-corrected chi connectivity index (χ2v) is 3.99. The standard InChI is InChI=1S/C14H23NO/c1-4-6-12-7-9-13(10-8-12)14(15-3)11-16-5-2/h7-10,14-15H,4-6,11H2,1-3H3. The third-order valence-corrected chi connectivity index (χ3v) is 2.76. The van der Waals surface area contributed by atoms with E-state index in [1.54, 1.807) is 0 Å². The Hall–Kier alpha value is -0.860. The second-order valence-electron chi connectivity index (χ2n) is 3.99. The van der Waals surface area contributed by atoms with E-state index in [2.05, 4.69) is 36.5 Å². The molecule has 2 heteroatoms. The lowest BCUT2D eigenvalue weighted by Crippen LogP contribution is -2.21. The van der Waals surface area contributed by atoms with Crippen LogP contribution in [-0.4, -0.2) is 20.3 Å². The van der Waals surface area contributed by atoms with Gasteiger partial charge in [-0.25, -0.2) is 0 Å². The minimum atomic E-state index is 0.302. The van der Waals surface area contributed by atoms with Gasteiger partial charge in [-0.1, -0.05) is 37.6 Å². The Balaban J connectivity index is 2.62. The Morgan fingerprint density at radius 2 is 1.88 bits per heavy atom. The first-order chi connectivity index (χ1) is 7.81. The topological polar surface area (TPSA) is 21.3 Å². The maximum Gasteiger partial charge on any atom is 0.0661 e. The molecule has 2 nitrogen and oxygen atoms in total. The first kappa shape index (κ1) is 13.2. The highest BCUT2D eigenvalue weighted by molar-refractivity contribution is 5.25.